The zero-order valence-corrected chi connectivity index (χ0v) is 17.3. The van der Waals surface area contributed by atoms with Gasteiger partial charge in [-0.1, -0.05) is 32.1 Å². The van der Waals surface area contributed by atoms with Crippen LogP contribution in [0.2, 0.25) is 0 Å². The lowest BCUT2D eigenvalue weighted by atomic mass is 9.85. The van der Waals surface area contributed by atoms with Gasteiger partial charge in [-0.25, -0.2) is 4.98 Å². The molecule has 0 bridgehead atoms. The summed E-state index contributed by atoms with van der Waals surface area (Å²) < 4.78 is 6.00. The van der Waals surface area contributed by atoms with Gasteiger partial charge in [-0.3, -0.25) is 9.59 Å². The largest absolute Gasteiger partial charge is 0.474 e. The van der Waals surface area contributed by atoms with Crippen LogP contribution in [0.1, 0.15) is 70.6 Å². The van der Waals surface area contributed by atoms with Gasteiger partial charge in [0.1, 0.15) is 6.10 Å². The quantitative estimate of drug-likeness (QED) is 0.747. The van der Waals surface area contributed by atoms with E-state index < -0.39 is 0 Å². The molecule has 0 atom stereocenters. The van der Waals surface area contributed by atoms with Gasteiger partial charge in [0.25, 0.3) is 0 Å². The van der Waals surface area contributed by atoms with E-state index in [1.807, 2.05) is 17.0 Å². The minimum atomic E-state index is 0.0942. The monoisotopic (exact) mass is 399 g/mol. The molecule has 3 aliphatic rings. The summed E-state index contributed by atoms with van der Waals surface area (Å²) in [4.78, 5) is 30.8. The first-order valence-corrected chi connectivity index (χ1v) is 11.4. The second-order valence-corrected chi connectivity index (χ2v) is 8.89. The maximum Gasteiger partial charge on any atom is 0.227 e. The van der Waals surface area contributed by atoms with E-state index in [1.54, 1.807) is 6.20 Å². The smallest absolute Gasteiger partial charge is 0.227 e. The summed E-state index contributed by atoms with van der Waals surface area (Å²) in [7, 11) is 0. The van der Waals surface area contributed by atoms with Crippen LogP contribution >= 0.6 is 0 Å². The molecule has 3 fully saturated rings. The molecule has 2 aliphatic carbocycles. The van der Waals surface area contributed by atoms with Crippen LogP contribution in [0.5, 0.6) is 5.88 Å². The van der Waals surface area contributed by atoms with Crippen molar-refractivity contribution in [2.75, 3.05) is 18.4 Å². The fourth-order valence-corrected chi connectivity index (χ4v) is 4.62. The van der Waals surface area contributed by atoms with Crippen molar-refractivity contribution in [1.82, 2.24) is 9.88 Å². The normalized spacial score (nSPS) is 21.0. The van der Waals surface area contributed by atoms with Crippen LogP contribution in [-0.2, 0) is 9.59 Å². The number of piperidine rings is 1. The first-order chi connectivity index (χ1) is 14.2. The van der Waals surface area contributed by atoms with Crippen LogP contribution in [0.25, 0.3) is 0 Å². The number of pyridine rings is 1. The molecule has 2 saturated carbocycles. The van der Waals surface area contributed by atoms with Gasteiger partial charge in [0, 0.05) is 44.3 Å². The van der Waals surface area contributed by atoms with Crippen molar-refractivity contribution in [3.05, 3.63) is 18.3 Å². The first kappa shape index (κ1) is 20.2. The molecule has 1 aromatic heterocycles. The molecule has 0 unspecified atom stereocenters. The molecule has 1 aromatic rings. The van der Waals surface area contributed by atoms with Gasteiger partial charge in [-0.05, 0) is 31.2 Å². The van der Waals surface area contributed by atoms with Gasteiger partial charge in [0.05, 0.1) is 11.9 Å². The maximum absolute atomic E-state index is 12.5. The zero-order valence-electron chi connectivity index (χ0n) is 17.3. The second kappa shape index (κ2) is 9.59. The highest BCUT2D eigenvalue weighted by Crippen LogP contribution is 2.29. The summed E-state index contributed by atoms with van der Waals surface area (Å²) in [6, 6.07) is 3.66. The van der Waals surface area contributed by atoms with Crippen molar-refractivity contribution in [2.24, 2.45) is 11.8 Å². The van der Waals surface area contributed by atoms with Gasteiger partial charge < -0.3 is 15.0 Å². The van der Waals surface area contributed by atoms with Crippen LogP contribution in [-0.4, -0.2) is 40.9 Å². The Hall–Kier alpha value is -2.11. The second-order valence-electron chi connectivity index (χ2n) is 8.89. The number of rotatable bonds is 7. The number of carbonyl (C=O) groups is 2. The van der Waals surface area contributed by atoms with Gasteiger partial charge in [0.2, 0.25) is 17.7 Å². The summed E-state index contributed by atoms with van der Waals surface area (Å²) in [5, 5.41) is 2.92. The molecule has 0 aromatic carbocycles. The lowest BCUT2D eigenvalue weighted by Crippen LogP contribution is -2.41. The molecule has 0 radical (unpaired) electrons. The Kier molecular flexibility index (Phi) is 6.67. The van der Waals surface area contributed by atoms with Crippen molar-refractivity contribution in [2.45, 2.75) is 76.7 Å². The number of amides is 2. The third kappa shape index (κ3) is 5.49. The minimum absolute atomic E-state index is 0.0942. The average molecular weight is 400 g/mol. The molecule has 6 heteroatoms. The van der Waals surface area contributed by atoms with E-state index in [0.717, 1.165) is 63.2 Å². The fourth-order valence-electron chi connectivity index (χ4n) is 4.62. The fraction of sp³-hybridized carbons (Fsp3) is 0.696. The zero-order chi connectivity index (χ0) is 20.1. The minimum Gasteiger partial charge on any atom is -0.474 e. The summed E-state index contributed by atoms with van der Waals surface area (Å²) in [6.07, 6.45) is 13.6. The van der Waals surface area contributed by atoms with Gasteiger partial charge in [-0.15, -0.1) is 0 Å². The molecule has 158 valence electrons. The van der Waals surface area contributed by atoms with E-state index in [9.17, 15) is 9.59 Å². The van der Waals surface area contributed by atoms with Crippen molar-refractivity contribution in [1.29, 1.82) is 0 Å². The molecule has 2 amide bonds. The highest BCUT2D eigenvalue weighted by atomic mass is 16.5. The lowest BCUT2D eigenvalue weighted by molar-refractivity contribution is -0.133. The molecule has 4 rings (SSSR count). The predicted molar refractivity (Wildman–Crippen MR) is 112 cm³/mol. The highest BCUT2D eigenvalue weighted by molar-refractivity contribution is 5.92. The standard InChI is InChI=1S/C23H33N3O3/c27-22(11-8-17-4-1-2-5-17)26-14-12-20(13-15-26)29-21-10-9-19(16-24-21)25-23(28)18-6-3-7-18/h9-10,16-18,20H,1-8,11-15H2,(H,25,28). The Labute approximate surface area is 173 Å². The van der Waals surface area contributed by atoms with Gasteiger partial charge >= 0.3 is 0 Å². The number of likely N-dealkylation sites (tertiary alicyclic amines) is 1. The highest BCUT2D eigenvalue weighted by Gasteiger charge is 2.26. The molecular formula is C23H33N3O3. The third-order valence-corrected chi connectivity index (χ3v) is 6.80. The molecule has 2 heterocycles. The Morgan fingerprint density at radius 3 is 2.41 bits per heavy atom. The number of hydrogen-bond acceptors (Lipinski definition) is 4. The predicted octanol–water partition coefficient (Wildman–Crippen LogP) is 4.16. The first-order valence-electron chi connectivity index (χ1n) is 11.4. The molecule has 29 heavy (non-hydrogen) atoms. The van der Waals surface area contributed by atoms with E-state index in [0.29, 0.717) is 18.2 Å². The molecule has 1 aliphatic heterocycles. The Morgan fingerprint density at radius 2 is 1.79 bits per heavy atom. The Balaban J connectivity index is 1.17. The van der Waals surface area contributed by atoms with E-state index in [1.165, 1.54) is 25.7 Å². The van der Waals surface area contributed by atoms with Gasteiger partial charge in [0.15, 0.2) is 0 Å². The summed E-state index contributed by atoms with van der Waals surface area (Å²) >= 11 is 0. The molecule has 1 saturated heterocycles. The number of carbonyl (C=O) groups excluding carboxylic acids is 2. The van der Waals surface area contributed by atoms with Crippen molar-refractivity contribution in [3.8, 4) is 5.88 Å². The van der Waals surface area contributed by atoms with Crippen molar-refractivity contribution in [3.63, 3.8) is 0 Å². The molecule has 1 N–H and O–H groups in total. The van der Waals surface area contributed by atoms with Gasteiger partial charge in [-0.2, -0.15) is 0 Å². The lowest BCUT2D eigenvalue weighted by Gasteiger charge is -2.32. The van der Waals surface area contributed by atoms with E-state index in [-0.39, 0.29) is 17.9 Å². The number of nitrogens with zero attached hydrogens (tertiary/aromatic N) is 2. The summed E-state index contributed by atoms with van der Waals surface area (Å²) in [5.41, 5.74) is 0.719. The maximum atomic E-state index is 12.5. The van der Waals surface area contributed by atoms with Crippen LogP contribution in [0.4, 0.5) is 5.69 Å². The molecular weight excluding hydrogens is 366 g/mol. The molecule has 6 nitrogen and oxygen atoms in total. The van der Waals surface area contributed by atoms with E-state index >= 15 is 0 Å². The van der Waals surface area contributed by atoms with E-state index in [4.69, 9.17) is 4.74 Å². The third-order valence-electron chi connectivity index (χ3n) is 6.80. The summed E-state index contributed by atoms with van der Waals surface area (Å²) in [6.45, 7) is 1.54. The number of aromatic nitrogens is 1. The summed E-state index contributed by atoms with van der Waals surface area (Å²) in [5.74, 6) is 1.92. The van der Waals surface area contributed by atoms with Crippen LogP contribution in [0, 0.1) is 11.8 Å². The number of nitrogens with one attached hydrogen (secondary N) is 1. The van der Waals surface area contributed by atoms with Crippen LogP contribution in [0.15, 0.2) is 18.3 Å². The Bertz CT molecular complexity index is 688. The SMILES string of the molecule is O=C(Nc1ccc(OC2CCN(C(=O)CCC3CCCC3)CC2)nc1)C1CCC1. The number of anilines is 1. The molecule has 0 spiro atoms. The Morgan fingerprint density at radius 1 is 1.03 bits per heavy atom. The van der Waals surface area contributed by atoms with E-state index in [2.05, 4.69) is 10.3 Å². The number of hydrogen-bond donors (Lipinski definition) is 1. The van der Waals surface area contributed by atoms with Crippen LogP contribution < -0.4 is 10.1 Å². The van der Waals surface area contributed by atoms with Crippen LogP contribution in [0.3, 0.4) is 0 Å². The number of ether oxygens (including phenoxy) is 1. The topological polar surface area (TPSA) is 71.5 Å². The van der Waals surface area contributed by atoms with Crippen molar-refractivity contribution < 1.29 is 14.3 Å². The average Bonchev–Trinajstić information content (AvgIpc) is 3.20. The van der Waals surface area contributed by atoms with Crippen molar-refractivity contribution >= 4 is 17.5 Å².